The first-order valence-electron chi connectivity index (χ1n) is 11.7. The highest BCUT2D eigenvalue weighted by molar-refractivity contribution is 8.00. The van der Waals surface area contributed by atoms with Crippen LogP contribution in [0.15, 0.2) is 29.1 Å². The van der Waals surface area contributed by atoms with Crippen molar-refractivity contribution in [2.24, 2.45) is 5.16 Å². The van der Waals surface area contributed by atoms with Crippen molar-refractivity contribution in [1.29, 1.82) is 0 Å². The molecule has 5 atom stereocenters. The molecule has 3 aliphatic rings. The van der Waals surface area contributed by atoms with Crippen molar-refractivity contribution in [2.75, 3.05) is 12.3 Å². The van der Waals surface area contributed by atoms with Gasteiger partial charge in [0.15, 0.2) is 5.13 Å². The number of β-lactam (4-membered cyclic amide) rings is 1. The molecule has 14 nitrogen and oxygen atoms in total. The van der Waals surface area contributed by atoms with Gasteiger partial charge in [-0.25, -0.2) is 9.59 Å². The number of oxime groups is 1. The lowest BCUT2D eigenvalue weighted by atomic mass is 10.0. The van der Waals surface area contributed by atoms with E-state index in [1.807, 2.05) is 19.1 Å². The van der Waals surface area contributed by atoms with Gasteiger partial charge in [0.1, 0.15) is 23.2 Å². The Morgan fingerprint density at radius 3 is 2.79 bits per heavy atom. The fraction of sp³-hybridized carbons (Fsp3) is 0.500. The first-order valence-corrected chi connectivity index (χ1v) is 13.4. The van der Waals surface area contributed by atoms with E-state index in [0.29, 0.717) is 6.42 Å². The van der Waals surface area contributed by atoms with E-state index < -0.39 is 41.6 Å². The molecule has 3 N–H and O–H groups in total. The topological polar surface area (TPSA) is 185 Å². The average molecular weight is 567 g/mol. The number of carbonyl (C=O) groups excluding carboxylic acids is 4. The molecule has 1 aliphatic carbocycles. The second-order valence-electron chi connectivity index (χ2n) is 8.26. The molecule has 1 aromatic heterocycles. The molecule has 0 aromatic carbocycles. The number of amides is 2. The van der Waals surface area contributed by atoms with E-state index in [1.165, 1.54) is 23.6 Å². The van der Waals surface area contributed by atoms with Crippen molar-refractivity contribution in [2.45, 2.75) is 62.7 Å². The molecular weight excluding hydrogens is 540 g/mol. The number of allylic oxidation sites excluding steroid dienone is 1. The zero-order chi connectivity index (χ0) is 27.4. The number of anilines is 1. The van der Waals surface area contributed by atoms with Gasteiger partial charge in [0, 0.05) is 23.7 Å². The van der Waals surface area contributed by atoms with Crippen LogP contribution >= 0.6 is 23.3 Å². The molecule has 1 fully saturated rings. The summed E-state index contributed by atoms with van der Waals surface area (Å²) in [5, 5.41) is 5.96. The Kier molecular flexibility index (Phi) is 8.51. The summed E-state index contributed by atoms with van der Waals surface area (Å²) in [6.45, 7) is 4.87. The van der Waals surface area contributed by atoms with Crippen LogP contribution in [0.4, 0.5) is 9.93 Å². The zero-order valence-electron chi connectivity index (χ0n) is 20.7. The number of hydrogen-bond donors (Lipinski definition) is 2. The van der Waals surface area contributed by atoms with Crippen LogP contribution in [0.3, 0.4) is 0 Å². The Balaban J connectivity index is 1.44. The van der Waals surface area contributed by atoms with Gasteiger partial charge >= 0.3 is 12.1 Å². The monoisotopic (exact) mass is 566 g/mol. The molecule has 2 amide bonds. The Labute approximate surface area is 225 Å². The number of fused-ring (bicyclic) bond motifs is 1. The smallest absolute Gasteiger partial charge is 0.435 e. The predicted molar refractivity (Wildman–Crippen MR) is 135 cm³/mol. The molecule has 0 radical (unpaired) electrons. The summed E-state index contributed by atoms with van der Waals surface area (Å²) >= 11 is 2.25. The van der Waals surface area contributed by atoms with E-state index in [2.05, 4.69) is 24.6 Å². The van der Waals surface area contributed by atoms with Gasteiger partial charge in [-0.15, -0.1) is 11.8 Å². The lowest BCUT2D eigenvalue weighted by Gasteiger charge is -2.49. The Morgan fingerprint density at radius 1 is 1.34 bits per heavy atom. The molecule has 0 spiro atoms. The van der Waals surface area contributed by atoms with E-state index in [4.69, 9.17) is 20.0 Å². The van der Waals surface area contributed by atoms with Crippen molar-refractivity contribution in [3.8, 4) is 0 Å². The quantitative estimate of drug-likeness (QED) is 0.109. The van der Waals surface area contributed by atoms with Gasteiger partial charge in [0.25, 0.3) is 11.8 Å². The first kappa shape index (κ1) is 27.4. The second-order valence-corrected chi connectivity index (χ2v) is 10.5. The molecular formula is C22H26N6O8S2. The molecule has 2 aliphatic heterocycles. The normalized spacial score (nSPS) is 25.0. The van der Waals surface area contributed by atoms with Crippen molar-refractivity contribution >= 4 is 58.1 Å². The molecule has 0 saturated carbocycles. The van der Waals surface area contributed by atoms with E-state index in [9.17, 15) is 19.2 Å². The summed E-state index contributed by atoms with van der Waals surface area (Å²) in [6, 6.07) is -0.966. The average Bonchev–Trinajstić information content (AvgIpc) is 3.54. The number of esters is 1. The Bertz CT molecular complexity index is 1200. The van der Waals surface area contributed by atoms with Gasteiger partial charge in [-0.2, -0.15) is 9.36 Å². The number of nitrogens with two attached hydrogens (primary N) is 1. The molecule has 204 valence electrons. The maximum absolute atomic E-state index is 13.2. The molecule has 1 saturated heterocycles. The van der Waals surface area contributed by atoms with Crippen molar-refractivity contribution in [3.63, 3.8) is 0 Å². The van der Waals surface area contributed by atoms with Crippen LogP contribution in [-0.4, -0.2) is 79.6 Å². The van der Waals surface area contributed by atoms with Crippen LogP contribution in [-0.2, 0) is 33.4 Å². The molecule has 1 aromatic rings. The highest BCUT2D eigenvalue weighted by Crippen LogP contribution is 2.41. The van der Waals surface area contributed by atoms with Crippen LogP contribution in [0.2, 0.25) is 0 Å². The van der Waals surface area contributed by atoms with Crippen molar-refractivity contribution in [1.82, 2.24) is 19.6 Å². The SMILES string of the molecule is CCOC(=O)OC(C)OC(=O)C1=CC(C)S[C@@H]2C(NC(=O)/C(=N\OC3C=CCC3)c3nsc(N)n3)C(=O)N12. The number of thioether (sulfide) groups is 1. The summed E-state index contributed by atoms with van der Waals surface area (Å²) in [5.74, 6) is -2.15. The highest BCUT2D eigenvalue weighted by atomic mass is 32.2. The summed E-state index contributed by atoms with van der Waals surface area (Å²) in [7, 11) is 0. The fourth-order valence-electron chi connectivity index (χ4n) is 3.78. The van der Waals surface area contributed by atoms with Crippen molar-refractivity contribution < 1.29 is 38.2 Å². The lowest BCUT2D eigenvalue weighted by Crippen LogP contribution is -2.71. The summed E-state index contributed by atoms with van der Waals surface area (Å²) in [6.07, 6.45) is 4.36. The van der Waals surface area contributed by atoms with Crippen LogP contribution in [0.1, 0.15) is 39.4 Å². The van der Waals surface area contributed by atoms with Crippen LogP contribution in [0, 0.1) is 0 Å². The summed E-state index contributed by atoms with van der Waals surface area (Å²) < 4.78 is 18.7. The lowest BCUT2D eigenvalue weighted by molar-refractivity contribution is -0.168. The third-order valence-corrected chi connectivity index (χ3v) is 7.33. The molecule has 3 heterocycles. The van der Waals surface area contributed by atoms with Gasteiger partial charge < -0.3 is 30.1 Å². The fourth-order valence-corrected chi connectivity index (χ4v) is 5.54. The van der Waals surface area contributed by atoms with Gasteiger partial charge in [0.05, 0.1) is 6.61 Å². The van der Waals surface area contributed by atoms with Crippen LogP contribution in [0.5, 0.6) is 0 Å². The minimum atomic E-state index is -1.25. The Morgan fingerprint density at radius 2 is 2.13 bits per heavy atom. The van der Waals surface area contributed by atoms with E-state index in [-0.39, 0.29) is 40.3 Å². The van der Waals surface area contributed by atoms with Crippen LogP contribution < -0.4 is 11.1 Å². The number of ether oxygens (including phenoxy) is 3. The standard InChI is InChI=1S/C22H26N6O8S2/c1-4-33-22(32)35-11(3)34-20(31)13-9-10(2)37-19-15(18(30)28(13)19)24-17(29)14(16-25-21(23)38-27-16)26-36-12-7-5-6-8-12/h5,7,9-12,15,19H,4,6,8H2,1-3H3,(H,24,29)(H2,23,25,27)/b26-14-/t10?,11?,12?,15?,19-/m1/s1. The van der Waals surface area contributed by atoms with E-state index >= 15 is 0 Å². The third kappa shape index (κ3) is 6.07. The summed E-state index contributed by atoms with van der Waals surface area (Å²) in [5.41, 5.74) is 5.43. The second kappa shape index (κ2) is 11.8. The zero-order valence-corrected chi connectivity index (χ0v) is 22.3. The number of aromatic nitrogens is 2. The molecule has 16 heteroatoms. The number of nitrogens with zero attached hydrogens (tertiary/aromatic N) is 4. The maximum Gasteiger partial charge on any atom is 0.511 e. The van der Waals surface area contributed by atoms with Gasteiger partial charge in [-0.3, -0.25) is 14.5 Å². The molecule has 0 bridgehead atoms. The van der Waals surface area contributed by atoms with Crippen LogP contribution in [0.25, 0.3) is 0 Å². The number of rotatable bonds is 9. The van der Waals surface area contributed by atoms with E-state index in [1.54, 1.807) is 13.0 Å². The van der Waals surface area contributed by atoms with Crippen molar-refractivity contribution in [3.05, 3.63) is 29.7 Å². The highest BCUT2D eigenvalue weighted by Gasteiger charge is 2.54. The maximum atomic E-state index is 13.2. The van der Waals surface area contributed by atoms with Gasteiger partial charge in [-0.05, 0) is 38.8 Å². The number of nitrogen functional groups attached to an aromatic ring is 1. The number of nitrogens with one attached hydrogen (secondary N) is 1. The van der Waals surface area contributed by atoms with Gasteiger partial charge in [0.2, 0.25) is 17.8 Å². The number of carbonyl (C=O) groups is 4. The predicted octanol–water partition coefficient (Wildman–Crippen LogP) is 1.29. The Hall–Kier alpha value is -3.66. The third-order valence-electron chi connectivity index (χ3n) is 5.46. The largest absolute Gasteiger partial charge is 0.511 e. The minimum Gasteiger partial charge on any atom is -0.435 e. The summed E-state index contributed by atoms with van der Waals surface area (Å²) in [4.78, 5) is 61.2. The van der Waals surface area contributed by atoms with Gasteiger partial charge in [-0.1, -0.05) is 11.2 Å². The first-order chi connectivity index (χ1) is 18.2. The number of hydrogen-bond acceptors (Lipinski definition) is 14. The molecule has 38 heavy (non-hydrogen) atoms. The molecule has 4 unspecified atom stereocenters. The van der Waals surface area contributed by atoms with E-state index in [0.717, 1.165) is 18.0 Å². The minimum absolute atomic E-state index is 0.0183. The molecule has 4 rings (SSSR count).